The first kappa shape index (κ1) is 23.1. The van der Waals surface area contributed by atoms with Crippen molar-refractivity contribution in [3.63, 3.8) is 0 Å². The van der Waals surface area contributed by atoms with E-state index in [0.29, 0.717) is 25.9 Å². The van der Waals surface area contributed by atoms with E-state index in [4.69, 9.17) is 14.2 Å². The largest absolute Gasteiger partial charge is 0.466 e. The summed E-state index contributed by atoms with van der Waals surface area (Å²) in [5, 5.41) is 0. The number of unbranched alkanes of at least 4 members (excludes halogenated alkanes) is 4. The second-order valence-electron chi connectivity index (χ2n) is 5.43. The zero-order valence-corrected chi connectivity index (χ0v) is 15.1. The van der Waals surface area contributed by atoms with Gasteiger partial charge >= 0.3 is 17.9 Å². The van der Waals surface area contributed by atoms with Crippen molar-refractivity contribution in [3.05, 3.63) is 12.7 Å². The summed E-state index contributed by atoms with van der Waals surface area (Å²) in [6, 6.07) is 0. The molecule has 7 nitrogen and oxygen atoms in total. The van der Waals surface area contributed by atoms with Gasteiger partial charge in [-0.2, -0.15) is 0 Å². The second-order valence-corrected chi connectivity index (χ2v) is 5.43. The Bertz CT molecular complexity index is 393. The van der Waals surface area contributed by atoms with Crippen LogP contribution in [0.15, 0.2) is 12.7 Å². The van der Waals surface area contributed by atoms with E-state index >= 15 is 0 Å². The van der Waals surface area contributed by atoms with Crippen molar-refractivity contribution < 1.29 is 33.3 Å². The molecule has 0 saturated carbocycles. The van der Waals surface area contributed by atoms with E-state index in [0.717, 1.165) is 44.8 Å². The summed E-state index contributed by atoms with van der Waals surface area (Å²) in [6.45, 7) is 4.42. The number of hydrogen-bond donors (Lipinski definition) is 0. The molecule has 0 aromatic carbocycles. The standard InChI is InChI=1S/C18H30O7/c1-3-16(19)24-14-15-25-18(21)11-7-5-9-13-23-17(20)10-6-4-8-12-22-2/h3H,1,4-15H2,2H3. The molecule has 0 radical (unpaired) electrons. The number of esters is 3. The molecule has 0 amide bonds. The van der Waals surface area contributed by atoms with E-state index in [1.165, 1.54) is 0 Å². The highest BCUT2D eigenvalue weighted by Gasteiger charge is 2.05. The highest BCUT2D eigenvalue weighted by molar-refractivity contribution is 5.81. The Balaban J connectivity index is 3.36. The van der Waals surface area contributed by atoms with Crippen LogP contribution in [0.2, 0.25) is 0 Å². The molecule has 0 aliphatic heterocycles. The lowest BCUT2D eigenvalue weighted by atomic mass is 10.2. The molecule has 0 aliphatic carbocycles. The molecule has 7 heteroatoms. The van der Waals surface area contributed by atoms with Crippen LogP contribution in [-0.2, 0) is 33.3 Å². The van der Waals surface area contributed by atoms with Crippen molar-refractivity contribution in [2.45, 2.75) is 51.4 Å². The maximum Gasteiger partial charge on any atom is 0.330 e. The lowest BCUT2D eigenvalue weighted by Gasteiger charge is -2.06. The molecular formula is C18H30O7. The molecule has 0 rings (SSSR count). The normalized spacial score (nSPS) is 10.1. The van der Waals surface area contributed by atoms with Gasteiger partial charge in [0.2, 0.25) is 0 Å². The van der Waals surface area contributed by atoms with E-state index in [2.05, 4.69) is 11.3 Å². The molecule has 0 atom stereocenters. The van der Waals surface area contributed by atoms with E-state index < -0.39 is 5.97 Å². The Labute approximate surface area is 149 Å². The first-order chi connectivity index (χ1) is 12.1. The maximum absolute atomic E-state index is 11.5. The molecule has 0 unspecified atom stereocenters. The SMILES string of the molecule is C=CC(=O)OCCOC(=O)CCCCCOC(=O)CCCCCOC. The number of carbonyl (C=O) groups excluding carboxylic acids is 3. The molecule has 144 valence electrons. The van der Waals surface area contributed by atoms with Gasteiger partial charge in [-0.05, 0) is 32.1 Å². The van der Waals surface area contributed by atoms with Crippen molar-refractivity contribution in [2.24, 2.45) is 0 Å². The Kier molecular flexibility index (Phi) is 15.7. The van der Waals surface area contributed by atoms with Gasteiger partial charge in [0.1, 0.15) is 13.2 Å². The number of hydrogen-bond acceptors (Lipinski definition) is 7. The first-order valence-corrected chi connectivity index (χ1v) is 8.69. The van der Waals surface area contributed by atoms with Crippen LogP contribution >= 0.6 is 0 Å². The number of carbonyl (C=O) groups is 3. The number of rotatable bonds is 16. The minimum atomic E-state index is -0.541. The van der Waals surface area contributed by atoms with Gasteiger partial charge in [0.25, 0.3) is 0 Å². The van der Waals surface area contributed by atoms with Crippen LogP contribution in [0.5, 0.6) is 0 Å². The topological polar surface area (TPSA) is 88.1 Å². The Hall–Kier alpha value is -1.89. The summed E-state index contributed by atoms with van der Waals surface area (Å²) >= 11 is 0. The molecular weight excluding hydrogens is 328 g/mol. The molecule has 0 aromatic heterocycles. The van der Waals surface area contributed by atoms with Gasteiger partial charge in [0.15, 0.2) is 0 Å². The fourth-order valence-corrected chi connectivity index (χ4v) is 1.93. The Morgan fingerprint density at radius 2 is 1.24 bits per heavy atom. The molecule has 0 heterocycles. The molecule has 0 saturated heterocycles. The van der Waals surface area contributed by atoms with Gasteiger partial charge in [0.05, 0.1) is 6.61 Å². The van der Waals surface area contributed by atoms with Gasteiger partial charge in [-0.1, -0.05) is 13.0 Å². The Morgan fingerprint density at radius 3 is 1.80 bits per heavy atom. The van der Waals surface area contributed by atoms with Crippen molar-refractivity contribution in [3.8, 4) is 0 Å². The van der Waals surface area contributed by atoms with Gasteiger partial charge in [0, 0.05) is 32.6 Å². The maximum atomic E-state index is 11.5. The molecule has 0 fully saturated rings. The molecule has 0 aromatic rings. The summed E-state index contributed by atoms with van der Waals surface area (Å²) in [6.07, 6.45) is 6.68. The third-order valence-corrected chi connectivity index (χ3v) is 3.28. The smallest absolute Gasteiger partial charge is 0.330 e. The third-order valence-electron chi connectivity index (χ3n) is 3.28. The van der Waals surface area contributed by atoms with E-state index in [1.54, 1.807) is 7.11 Å². The number of ether oxygens (including phenoxy) is 4. The summed E-state index contributed by atoms with van der Waals surface area (Å²) in [4.78, 5) is 33.6. The van der Waals surface area contributed by atoms with Gasteiger partial charge in [-0.3, -0.25) is 9.59 Å². The van der Waals surface area contributed by atoms with Crippen LogP contribution in [0, 0.1) is 0 Å². The lowest BCUT2D eigenvalue weighted by Crippen LogP contribution is -2.12. The molecule has 0 spiro atoms. The van der Waals surface area contributed by atoms with Gasteiger partial charge in [-0.25, -0.2) is 4.79 Å². The zero-order valence-electron chi connectivity index (χ0n) is 15.1. The van der Waals surface area contributed by atoms with E-state index in [9.17, 15) is 14.4 Å². The van der Waals surface area contributed by atoms with Crippen LogP contribution in [0.1, 0.15) is 51.4 Å². The fourth-order valence-electron chi connectivity index (χ4n) is 1.93. The van der Waals surface area contributed by atoms with Crippen LogP contribution in [0.3, 0.4) is 0 Å². The molecule has 0 N–H and O–H groups in total. The quantitative estimate of drug-likeness (QED) is 0.181. The van der Waals surface area contributed by atoms with Crippen LogP contribution in [0.25, 0.3) is 0 Å². The third kappa shape index (κ3) is 16.7. The average molecular weight is 358 g/mol. The summed E-state index contributed by atoms with van der Waals surface area (Å²) in [7, 11) is 1.66. The van der Waals surface area contributed by atoms with Gasteiger partial charge < -0.3 is 18.9 Å². The lowest BCUT2D eigenvalue weighted by molar-refractivity contribution is -0.149. The first-order valence-electron chi connectivity index (χ1n) is 8.69. The zero-order chi connectivity index (χ0) is 18.8. The Morgan fingerprint density at radius 1 is 0.720 bits per heavy atom. The highest BCUT2D eigenvalue weighted by atomic mass is 16.6. The van der Waals surface area contributed by atoms with Crippen molar-refractivity contribution in [1.29, 1.82) is 0 Å². The average Bonchev–Trinajstić information content (AvgIpc) is 2.61. The van der Waals surface area contributed by atoms with E-state index in [1.807, 2.05) is 0 Å². The predicted molar refractivity (Wildman–Crippen MR) is 91.9 cm³/mol. The van der Waals surface area contributed by atoms with Crippen LogP contribution in [-0.4, -0.2) is 51.4 Å². The summed E-state index contributed by atoms with van der Waals surface area (Å²) < 4.78 is 19.7. The van der Waals surface area contributed by atoms with Gasteiger partial charge in [-0.15, -0.1) is 0 Å². The fraction of sp³-hybridized carbons (Fsp3) is 0.722. The molecule has 0 aliphatic rings. The van der Waals surface area contributed by atoms with Crippen molar-refractivity contribution >= 4 is 17.9 Å². The monoisotopic (exact) mass is 358 g/mol. The minimum Gasteiger partial charge on any atom is -0.466 e. The van der Waals surface area contributed by atoms with E-state index in [-0.39, 0.29) is 25.2 Å². The number of methoxy groups -OCH3 is 1. The summed E-state index contributed by atoms with van der Waals surface area (Å²) in [5.41, 5.74) is 0. The molecule has 0 bridgehead atoms. The second kappa shape index (κ2) is 17.0. The minimum absolute atomic E-state index is 0.0258. The van der Waals surface area contributed by atoms with Crippen molar-refractivity contribution in [2.75, 3.05) is 33.5 Å². The highest BCUT2D eigenvalue weighted by Crippen LogP contribution is 2.04. The van der Waals surface area contributed by atoms with Crippen molar-refractivity contribution in [1.82, 2.24) is 0 Å². The summed E-state index contributed by atoms with van der Waals surface area (Å²) in [5.74, 6) is -1.05. The van der Waals surface area contributed by atoms with Crippen LogP contribution < -0.4 is 0 Å². The molecule has 25 heavy (non-hydrogen) atoms. The predicted octanol–water partition coefficient (Wildman–Crippen LogP) is 2.57. The van der Waals surface area contributed by atoms with Crippen LogP contribution in [0.4, 0.5) is 0 Å².